The van der Waals surface area contributed by atoms with E-state index in [9.17, 15) is 4.79 Å². The summed E-state index contributed by atoms with van der Waals surface area (Å²) in [5.41, 5.74) is 1.90. The third-order valence-corrected chi connectivity index (χ3v) is 4.96. The summed E-state index contributed by atoms with van der Waals surface area (Å²) in [5, 5.41) is 8.84. The zero-order valence-corrected chi connectivity index (χ0v) is 14.1. The van der Waals surface area contributed by atoms with Crippen LogP contribution in [-0.2, 0) is 16.1 Å². The Morgan fingerprint density at radius 1 is 1.12 bits per heavy atom. The second-order valence-corrected chi connectivity index (χ2v) is 6.68. The van der Waals surface area contributed by atoms with Gasteiger partial charge in [0.15, 0.2) is 0 Å². The number of carbonyl (C=O) groups is 1. The van der Waals surface area contributed by atoms with Crippen LogP contribution in [0.15, 0.2) is 24.3 Å². The number of amides is 1. The Morgan fingerprint density at radius 3 is 2.42 bits per heavy atom. The number of carbonyl (C=O) groups excluding carboxylic acids is 1. The minimum atomic E-state index is 0.125. The summed E-state index contributed by atoms with van der Waals surface area (Å²) < 4.78 is 5.73. The minimum absolute atomic E-state index is 0.125. The Hall–Kier alpha value is -1.90. The molecule has 1 saturated carbocycles. The summed E-state index contributed by atoms with van der Waals surface area (Å²) in [6, 6.07) is 9.86. The fraction of sp³-hybridized carbons (Fsp3) is 0.579. The Bertz CT molecular complexity index is 580. The molecule has 1 aliphatic carbocycles. The van der Waals surface area contributed by atoms with Gasteiger partial charge in [-0.2, -0.15) is 5.26 Å². The quantitative estimate of drug-likeness (QED) is 0.831. The maximum absolute atomic E-state index is 12.2. The molecule has 128 valence electrons. The van der Waals surface area contributed by atoms with Gasteiger partial charge in [0.2, 0.25) is 5.91 Å². The van der Waals surface area contributed by atoms with Gasteiger partial charge in [-0.15, -0.1) is 0 Å². The van der Waals surface area contributed by atoms with Crippen LogP contribution in [-0.4, -0.2) is 54.6 Å². The normalized spacial score (nSPS) is 19.4. The zero-order valence-electron chi connectivity index (χ0n) is 14.1. The van der Waals surface area contributed by atoms with E-state index >= 15 is 0 Å². The average molecular weight is 327 g/mol. The highest BCUT2D eigenvalue weighted by Crippen LogP contribution is 2.21. The first-order valence-corrected chi connectivity index (χ1v) is 8.85. The molecule has 1 heterocycles. The van der Waals surface area contributed by atoms with E-state index in [1.54, 1.807) is 0 Å². The van der Waals surface area contributed by atoms with Crippen molar-refractivity contribution in [3.05, 3.63) is 35.4 Å². The van der Waals surface area contributed by atoms with Gasteiger partial charge in [0.05, 0.1) is 17.7 Å². The molecule has 0 unspecified atom stereocenters. The van der Waals surface area contributed by atoms with E-state index in [1.165, 1.54) is 18.4 Å². The largest absolute Gasteiger partial charge is 0.368 e. The molecule has 0 atom stereocenters. The van der Waals surface area contributed by atoms with Crippen molar-refractivity contribution >= 4 is 5.91 Å². The van der Waals surface area contributed by atoms with Crippen LogP contribution < -0.4 is 0 Å². The standard InChI is InChI=1S/C19H25N3O2/c20-13-16-5-7-17(8-6-16)14-21-9-11-22(12-10-21)19(23)15-24-18-3-1-2-4-18/h5-8,18H,1-4,9-12,14-15H2. The maximum atomic E-state index is 12.2. The molecule has 0 radical (unpaired) electrons. The average Bonchev–Trinajstić information content (AvgIpc) is 3.14. The smallest absolute Gasteiger partial charge is 0.248 e. The number of benzene rings is 1. The van der Waals surface area contributed by atoms with Crippen LogP contribution in [0.25, 0.3) is 0 Å². The van der Waals surface area contributed by atoms with Gasteiger partial charge in [-0.3, -0.25) is 9.69 Å². The molecular formula is C19H25N3O2. The lowest BCUT2D eigenvalue weighted by molar-refractivity contribution is -0.139. The summed E-state index contributed by atoms with van der Waals surface area (Å²) in [6.45, 7) is 4.41. The van der Waals surface area contributed by atoms with Crippen LogP contribution in [0.5, 0.6) is 0 Å². The SMILES string of the molecule is N#Cc1ccc(CN2CCN(C(=O)COC3CCCC3)CC2)cc1. The number of nitriles is 1. The predicted molar refractivity (Wildman–Crippen MR) is 91.2 cm³/mol. The minimum Gasteiger partial charge on any atom is -0.368 e. The third-order valence-electron chi connectivity index (χ3n) is 4.96. The molecule has 2 aliphatic rings. The van der Waals surface area contributed by atoms with Crippen molar-refractivity contribution in [3.8, 4) is 6.07 Å². The number of ether oxygens (including phenoxy) is 1. The van der Waals surface area contributed by atoms with E-state index in [-0.39, 0.29) is 12.5 Å². The molecule has 1 amide bonds. The topological polar surface area (TPSA) is 56.6 Å². The summed E-state index contributed by atoms with van der Waals surface area (Å²) in [4.78, 5) is 16.5. The Morgan fingerprint density at radius 2 is 1.79 bits per heavy atom. The molecule has 3 rings (SSSR count). The highest BCUT2D eigenvalue weighted by atomic mass is 16.5. The molecule has 0 spiro atoms. The van der Waals surface area contributed by atoms with E-state index in [0.717, 1.165) is 45.6 Å². The van der Waals surface area contributed by atoms with Crippen LogP contribution >= 0.6 is 0 Å². The number of hydrogen-bond acceptors (Lipinski definition) is 4. The molecule has 1 aliphatic heterocycles. The molecule has 1 saturated heterocycles. The number of rotatable bonds is 5. The molecular weight excluding hydrogens is 302 g/mol. The molecule has 0 bridgehead atoms. The second-order valence-electron chi connectivity index (χ2n) is 6.68. The van der Waals surface area contributed by atoms with Gasteiger partial charge >= 0.3 is 0 Å². The lowest BCUT2D eigenvalue weighted by atomic mass is 10.1. The Balaban J connectivity index is 1.39. The first kappa shape index (κ1) is 16.9. The van der Waals surface area contributed by atoms with Crippen LogP contribution in [0.3, 0.4) is 0 Å². The summed E-state index contributed by atoms with van der Waals surface area (Å²) >= 11 is 0. The van der Waals surface area contributed by atoms with Gasteiger partial charge in [0.1, 0.15) is 6.61 Å². The van der Waals surface area contributed by atoms with Crippen molar-refractivity contribution in [2.45, 2.75) is 38.3 Å². The molecule has 0 N–H and O–H groups in total. The zero-order chi connectivity index (χ0) is 16.8. The van der Waals surface area contributed by atoms with Crippen molar-refractivity contribution in [2.24, 2.45) is 0 Å². The molecule has 0 aromatic heterocycles. The van der Waals surface area contributed by atoms with Gasteiger partial charge in [-0.1, -0.05) is 25.0 Å². The van der Waals surface area contributed by atoms with Crippen molar-refractivity contribution < 1.29 is 9.53 Å². The van der Waals surface area contributed by atoms with E-state index in [0.29, 0.717) is 11.7 Å². The first-order chi connectivity index (χ1) is 11.7. The van der Waals surface area contributed by atoms with Gasteiger partial charge in [-0.05, 0) is 30.5 Å². The second kappa shape index (κ2) is 8.27. The molecule has 5 heteroatoms. The monoisotopic (exact) mass is 327 g/mol. The van der Waals surface area contributed by atoms with E-state index in [1.807, 2.05) is 29.2 Å². The van der Waals surface area contributed by atoms with E-state index in [4.69, 9.17) is 10.00 Å². The van der Waals surface area contributed by atoms with Crippen molar-refractivity contribution in [1.82, 2.24) is 9.80 Å². The fourth-order valence-electron chi connectivity index (χ4n) is 3.43. The lowest BCUT2D eigenvalue weighted by Gasteiger charge is -2.35. The molecule has 1 aromatic carbocycles. The molecule has 1 aromatic rings. The Kier molecular flexibility index (Phi) is 5.84. The van der Waals surface area contributed by atoms with Crippen LogP contribution in [0.1, 0.15) is 36.8 Å². The number of hydrogen-bond donors (Lipinski definition) is 0. The van der Waals surface area contributed by atoms with Gasteiger partial charge < -0.3 is 9.64 Å². The lowest BCUT2D eigenvalue weighted by Crippen LogP contribution is -2.49. The summed E-state index contributed by atoms with van der Waals surface area (Å²) in [5.74, 6) is 0.125. The van der Waals surface area contributed by atoms with Gasteiger partial charge in [0, 0.05) is 32.7 Å². The van der Waals surface area contributed by atoms with E-state index in [2.05, 4.69) is 11.0 Å². The third kappa shape index (κ3) is 4.56. The predicted octanol–water partition coefficient (Wildman–Crippen LogP) is 2.16. The van der Waals surface area contributed by atoms with Crippen LogP contribution in [0.4, 0.5) is 0 Å². The van der Waals surface area contributed by atoms with Crippen LogP contribution in [0, 0.1) is 11.3 Å². The van der Waals surface area contributed by atoms with Crippen molar-refractivity contribution in [2.75, 3.05) is 32.8 Å². The molecule has 2 fully saturated rings. The van der Waals surface area contributed by atoms with Crippen molar-refractivity contribution in [3.63, 3.8) is 0 Å². The highest BCUT2D eigenvalue weighted by molar-refractivity contribution is 5.77. The van der Waals surface area contributed by atoms with E-state index < -0.39 is 0 Å². The number of piperazine rings is 1. The first-order valence-electron chi connectivity index (χ1n) is 8.85. The van der Waals surface area contributed by atoms with Gasteiger partial charge in [0.25, 0.3) is 0 Å². The van der Waals surface area contributed by atoms with Crippen LogP contribution in [0.2, 0.25) is 0 Å². The Labute approximate surface area is 143 Å². The molecule has 5 nitrogen and oxygen atoms in total. The number of nitrogens with zero attached hydrogens (tertiary/aromatic N) is 3. The summed E-state index contributed by atoms with van der Waals surface area (Å²) in [6.07, 6.45) is 4.96. The molecule has 24 heavy (non-hydrogen) atoms. The fourth-order valence-corrected chi connectivity index (χ4v) is 3.43. The highest BCUT2D eigenvalue weighted by Gasteiger charge is 2.23. The van der Waals surface area contributed by atoms with Crippen molar-refractivity contribution in [1.29, 1.82) is 5.26 Å². The summed E-state index contributed by atoms with van der Waals surface area (Å²) in [7, 11) is 0. The maximum Gasteiger partial charge on any atom is 0.248 e. The van der Waals surface area contributed by atoms with Gasteiger partial charge in [-0.25, -0.2) is 0 Å².